The Labute approximate surface area is 113 Å². The van der Waals surface area contributed by atoms with Crippen LogP contribution in [0, 0.1) is 0 Å². The second-order valence-electron chi connectivity index (χ2n) is 4.21. The third kappa shape index (κ3) is 3.99. The Morgan fingerprint density at radius 2 is 2.00 bits per heavy atom. The van der Waals surface area contributed by atoms with Crippen molar-refractivity contribution >= 4 is 5.97 Å². The van der Waals surface area contributed by atoms with E-state index >= 15 is 0 Å². The van der Waals surface area contributed by atoms with E-state index in [4.69, 9.17) is 14.6 Å². The number of ether oxygens (including phenoxy) is 2. The third-order valence-corrected chi connectivity index (χ3v) is 2.73. The van der Waals surface area contributed by atoms with Gasteiger partial charge in [0.2, 0.25) is 0 Å². The van der Waals surface area contributed by atoms with Crippen molar-refractivity contribution < 1.29 is 19.4 Å². The van der Waals surface area contributed by atoms with E-state index in [1.54, 1.807) is 32.4 Å². The number of hydrogen-bond donors (Lipinski definition) is 1. The zero-order valence-corrected chi connectivity index (χ0v) is 11.6. The molecule has 0 heterocycles. The van der Waals surface area contributed by atoms with Crippen molar-refractivity contribution in [3.63, 3.8) is 0 Å². The van der Waals surface area contributed by atoms with Crippen LogP contribution in [0.3, 0.4) is 0 Å². The van der Waals surface area contributed by atoms with E-state index in [9.17, 15) is 4.79 Å². The molecule has 1 rings (SSSR count). The number of methoxy groups -OCH3 is 2. The molecule has 0 aliphatic heterocycles. The van der Waals surface area contributed by atoms with Gasteiger partial charge in [0.05, 0.1) is 20.3 Å². The molecule has 104 valence electrons. The summed E-state index contributed by atoms with van der Waals surface area (Å²) in [5.41, 5.74) is 0.851. The Kier molecular flexibility index (Phi) is 5.38. The number of carboxylic acid groups (broad SMARTS) is 1. The van der Waals surface area contributed by atoms with E-state index in [0.717, 1.165) is 11.6 Å². The predicted octanol–water partition coefficient (Wildman–Crippen LogP) is 1.95. The van der Waals surface area contributed by atoms with Gasteiger partial charge >= 0.3 is 5.97 Å². The van der Waals surface area contributed by atoms with Crippen molar-refractivity contribution in [1.82, 2.24) is 4.90 Å². The maximum Gasteiger partial charge on any atom is 0.328 e. The first-order chi connectivity index (χ1) is 8.99. The Morgan fingerprint density at radius 1 is 1.32 bits per heavy atom. The smallest absolute Gasteiger partial charge is 0.328 e. The normalized spacial score (nSPS) is 12.7. The molecule has 0 aliphatic carbocycles. The van der Waals surface area contributed by atoms with Crippen molar-refractivity contribution in [3.05, 3.63) is 35.9 Å². The molecule has 1 atom stereocenters. The monoisotopic (exact) mass is 265 g/mol. The quantitative estimate of drug-likeness (QED) is 0.797. The number of benzene rings is 1. The molecule has 5 nitrogen and oxygen atoms in total. The highest BCUT2D eigenvalue weighted by atomic mass is 16.5. The summed E-state index contributed by atoms with van der Waals surface area (Å²) in [4.78, 5) is 12.6. The lowest BCUT2D eigenvalue weighted by atomic mass is 10.0. The highest BCUT2D eigenvalue weighted by Gasteiger charge is 2.17. The Morgan fingerprint density at radius 3 is 2.47 bits per heavy atom. The molecule has 1 aromatic carbocycles. The summed E-state index contributed by atoms with van der Waals surface area (Å²) < 4.78 is 10.5. The van der Waals surface area contributed by atoms with Gasteiger partial charge in [0.25, 0.3) is 0 Å². The Bertz CT molecular complexity index is 469. The van der Waals surface area contributed by atoms with Gasteiger partial charge in [-0.3, -0.25) is 4.90 Å². The van der Waals surface area contributed by atoms with E-state index < -0.39 is 5.97 Å². The first-order valence-corrected chi connectivity index (χ1v) is 5.79. The van der Waals surface area contributed by atoms with Crippen molar-refractivity contribution in [2.24, 2.45) is 0 Å². The van der Waals surface area contributed by atoms with Crippen molar-refractivity contribution in [3.8, 4) is 11.5 Å². The molecule has 0 saturated carbocycles. The van der Waals surface area contributed by atoms with Crippen LogP contribution < -0.4 is 9.47 Å². The molecule has 0 bridgehead atoms. The lowest BCUT2D eigenvalue weighted by molar-refractivity contribution is -0.131. The minimum absolute atomic E-state index is 0.207. The maximum absolute atomic E-state index is 10.7. The SMILES string of the molecule is COc1ccc(OC)c(C(/C=C/C(=O)O)N(C)C)c1. The second kappa shape index (κ2) is 6.80. The van der Waals surface area contributed by atoms with Crippen LogP contribution in [0.1, 0.15) is 11.6 Å². The van der Waals surface area contributed by atoms with Gasteiger partial charge in [-0.2, -0.15) is 0 Å². The van der Waals surface area contributed by atoms with Crippen molar-refractivity contribution in [2.45, 2.75) is 6.04 Å². The molecule has 0 radical (unpaired) electrons. The molecular formula is C14H19NO4. The molecule has 0 saturated heterocycles. The summed E-state index contributed by atoms with van der Waals surface area (Å²) in [6, 6.07) is 5.24. The minimum Gasteiger partial charge on any atom is -0.497 e. The molecule has 1 N–H and O–H groups in total. The number of nitrogens with zero attached hydrogens (tertiary/aromatic N) is 1. The summed E-state index contributed by atoms with van der Waals surface area (Å²) in [6.45, 7) is 0. The fourth-order valence-electron chi connectivity index (χ4n) is 1.80. The molecule has 0 fully saturated rings. The van der Waals surface area contributed by atoms with E-state index in [-0.39, 0.29) is 6.04 Å². The van der Waals surface area contributed by atoms with Gasteiger partial charge < -0.3 is 14.6 Å². The van der Waals surface area contributed by atoms with E-state index in [2.05, 4.69) is 0 Å². The maximum atomic E-state index is 10.7. The average molecular weight is 265 g/mol. The van der Waals surface area contributed by atoms with E-state index in [0.29, 0.717) is 11.5 Å². The number of carboxylic acids is 1. The zero-order valence-electron chi connectivity index (χ0n) is 11.6. The third-order valence-electron chi connectivity index (χ3n) is 2.73. The molecule has 1 unspecified atom stereocenters. The van der Waals surface area contributed by atoms with Crippen molar-refractivity contribution in [1.29, 1.82) is 0 Å². The Balaban J connectivity index is 3.23. The van der Waals surface area contributed by atoms with E-state index in [1.807, 2.05) is 25.1 Å². The first-order valence-electron chi connectivity index (χ1n) is 5.79. The number of likely N-dealkylation sites (N-methyl/N-ethyl adjacent to an activating group) is 1. The standard InChI is InChI=1S/C14H19NO4/c1-15(2)12(6-8-14(16)17)11-9-10(18-3)5-7-13(11)19-4/h5-9,12H,1-4H3,(H,16,17)/b8-6+. The first kappa shape index (κ1) is 15.0. The number of carbonyl (C=O) groups is 1. The van der Waals surface area contributed by atoms with Gasteiger partial charge in [-0.15, -0.1) is 0 Å². The minimum atomic E-state index is -0.978. The molecule has 0 amide bonds. The van der Waals surface area contributed by atoms with Gasteiger partial charge in [-0.05, 0) is 32.3 Å². The zero-order chi connectivity index (χ0) is 14.4. The van der Waals surface area contributed by atoms with Crippen LogP contribution in [0.4, 0.5) is 0 Å². The molecule has 19 heavy (non-hydrogen) atoms. The summed E-state index contributed by atoms with van der Waals surface area (Å²) >= 11 is 0. The van der Waals surface area contributed by atoms with Crippen LogP contribution in [-0.2, 0) is 4.79 Å². The highest BCUT2D eigenvalue weighted by molar-refractivity contribution is 5.79. The number of hydrogen-bond acceptors (Lipinski definition) is 4. The van der Waals surface area contributed by atoms with Crippen LogP contribution in [0.25, 0.3) is 0 Å². The highest BCUT2D eigenvalue weighted by Crippen LogP contribution is 2.32. The largest absolute Gasteiger partial charge is 0.497 e. The summed E-state index contributed by atoms with van der Waals surface area (Å²) in [5.74, 6) is 0.412. The fourth-order valence-corrected chi connectivity index (χ4v) is 1.80. The van der Waals surface area contributed by atoms with Crippen LogP contribution in [0.2, 0.25) is 0 Å². The van der Waals surface area contributed by atoms with Crippen LogP contribution >= 0.6 is 0 Å². The molecule has 0 aromatic heterocycles. The van der Waals surface area contributed by atoms with Gasteiger partial charge in [0.1, 0.15) is 11.5 Å². The summed E-state index contributed by atoms with van der Waals surface area (Å²) in [5, 5.41) is 8.76. The van der Waals surface area contributed by atoms with Crippen LogP contribution in [-0.4, -0.2) is 44.3 Å². The van der Waals surface area contributed by atoms with Crippen LogP contribution in [0.15, 0.2) is 30.4 Å². The lowest BCUT2D eigenvalue weighted by Gasteiger charge is -2.23. The van der Waals surface area contributed by atoms with Gasteiger partial charge in [-0.25, -0.2) is 4.79 Å². The van der Waals surface area contributed by atoms with Crippen LogP contribution in [0.5, 0.6) is 11.5 Å². The van der Waals surface area contributed by atoms with Gasteiger partial charge in [0, 0.05) is 11.6 Å². The van der Waals surface area contributed by atoms with Gasteiger partial charge in [0.15, 0.2) is 0 Å². The Hall–Kier alpha value is -2.01. The predicted molar refractivity (Wildman–Crippen MR) is 72.7 cm³/mol. The second-order valence-corrected chi connectivity index (χ2v) is 4.21. The summed E-state index contributed by atoms with van der Waals surface area (Å²) in [7, 11) is 6.91. The molecule has 0 aliphatic rings. The lowest BCUT2D eigenvalue weighted by Crippen LogP contribution is -2.19. The molecule has 0 spiro atoms. The molecule has 1 aromatic rings. The average Bonchev–Trinajstić information content (AvgIpc) is 2.38. The number of rotatable bonds is 6. The van der Waals surface area contributed by atoms with Crippen molar-refractivity contribution in [2.75, 3.05) is 28.3 Å². The van der Waals surface area contributed by atoms with Gasteiger partial charge in [-0.1, -0.05) is 6.08 Å². The number of aliphatic carboxylic acids is 1. The molecular weight excluding hydrogens is 246 g/mol. The van der Waals surface area contributed by atoms with E-state index in [1.165, 1.54) is 0 Å². The molecule has 5 heteroatoms. The fraction of sp³-hybridized carbons (Fsp3) is 0.357. The topological polar surface area (TPSA) is 59.0 Å². The summed E-state index contributed by atoms with van der Waals surface area (Å²) in [6.07, 6.45) is 2.74.